The Morgan fingerprint density at radius 1 is 1.08 bits per heavy atom. The van der Waals surface area contributed by atoms with Crippen molar-refractivity contribution >= 4 is 22.5 Å². The number of hydrogen-bond acceptors (Lipinski definition) is 6. The molecule has 0 spiro atoms. The molecule has 1 fully saturated rings. The van der Waals surface area contributed by atoms with Gasteiger partial charge in [0.25, 0.3) is 5.56 Å². The average molecular weight is 526 g/mol. The van der Waals surface area contributed by atoms with Crippen LogP contribution in [0, 0.1) is 11.9 Å². The summed E-state index contributed by atoms with van der Waals surface area (Å²) in [6.45, 7) is 0. The zero-order chi connectivity index (χ0) is 25.5. The van der Waals surface area contributed by atoms with E-state index in [9.17, 15) is 4.79 Å². The van der Waals surface area contributed by atoms with Crippen molar-refractivity contribution in [3.05, 3.63) is 93.9 Å². The summed E-state index contributed by atoms with van der Waals surface area (Å²) in [4.78, 5) is 21.0. The number of H-pyrrole nitrogens is 2. The zero-order valence-corrected chi connectivity index (χ0v) is 20.3. The molecule has 0 radical (unpaired) electrons. The van der Waals surface area contributed by atoms with E-state index in [1.165, 1.54) is 11.0 Å². The SMILES string of the molecule is O=c1cc(-c2cc(Cl)ccc2-n2cnnn2)cc2n1C(c1nc(-c3ccc4[nH]ncc4c3)c(F)[nH]1)C1CC21. The first kappa shape index (κ1) is 21.4. The van der Waals surface area contributed by atoms with Gasteiger partial charge in [-0.05, 0) is 64.7 Å². The van der Waals surface area contributed by atoms with E-state index in [0.29, 0.717) is 22.1 Å². The highest BCUT2D eigenvalue weighted by atomic mass is 35.5. The number of imidazole rings is 1. The number of rotatable bonds is 4. The molecule has 0 amide bonds. The quantitative estimate of drug-likeness (QED) is 0.354. The van der Waals surface area contributed by atoms with Crippen molar-refractivity contribution in [1.29, 1.82) is 0 Å². The monoisotopic (exact) mass is 525 g/mol. The van der Waals surface area contributed by atoms with Crippen LogP contribution in [0.4, 0.5) is 4.39 Å². The molecule has 38 heavy (non-hydrogen) atoms. The molecule has 12 heteroatoms. The first-order chi connectivity index (χ1) is 18.5. The standard InChI is InChI=1S/C26H17ClFN9O/c27-15-2-4-20(36-11-30-34-35-36)16(8-15)13-6-21-17-9-18(17)24(37(21)22(38)7-13)26-31-23(25(28)32-26)12-1-3-19-14(5-12)10-29-33-19/h1-8,10-11,17-18,24H,9H2,(H,29,33)(H,31,32). The lowest BCUT2D eigenvalue weighted by Gasteiger charge is -2.17. The molecule has 10 nitrogen and oxygen atoms in total. The van der Waals surface area contributed by atoms with Gasteiger partial charge in [0.2, 0.25) is 5.95 Å². The lowest BCUT2D eigenvalue weighted by atomic mass is 10.0. The van der Waals surface area contributed by atoms with Gasteiger partial charge in [-0.25, -0.2) is 4.98 Å². The maximum absolute atomic E-state index is 15.1. The second-order valence-electron chi connectivity index (χ2n) is 9.70. The van der Waals surface area contributed by atoms with Crippen LogP contribution in [0.1, 0.15) is 29.9 Å². The molecular weight excluding hydrogens is 509 g/mol. The van der Waals surface area contributed by atoms with Crippen molar-refractivity contribution in [2.75, 3.05) is 0 Å². The summed E-state index contributed by atoms with van der Waals surface area (Å²) in [5.74, 6) is 0.291. The largest absolute Gasteiger partial charge is 0.317 e. The van der Waals surface area contributed by atoms with Crippen LogP contribution in [0.15, 0.2) is 65.8 Å². The minimum Gasteiger partial charge on any atom is -0.317 e. The Morgan fingerprint density at radius 2 is 2.00 bits per heavy atom. The summed E-state index contributed by atoms with van der Waals surface area (Å²) < 4.78 is 18.4. The lowest BCUT2D eigenvalue weighted by molar-refractivity contribution is 0.504. The Morgan fingerprint density at radius 3 is 2.87 bits per heavy atom. The molecule has 6 aromatic rings. The van der Waals surface area contributed by atoms with Crippen molar-refractivity contribution in [3.8, 4) is 28.1 Å². The summed E-state index contributed by atoms with van der Waals surface area (Å²) in [5.41, 5.74) is 4.62. The number of fused-ring (bicyclic) bond motifs is 4. The van der Waals surface area contributed by atoms with Crippen LogP contribution in [-0.2, 0) is 0 Å². The van der Waals surface area contributed by atoms with E-state index in [1.807, 2.05) is 24.3 Å². The number of tetrazole rings is 1. The molecule has 1 saturated carbocycles. The third kappa shape index (κ3) is 3.11. The summed E-state index contributed by atoms with van der Waals surface area (Å²) in [7, 11) is 0. The van der Waals surface area contributed by atoms with E-state index in [4.69, 9.17) is 11.6 Å². The maximum atomic E-state index is 15.1. The van der Waals surface area contributed by atoms with Crippen LogP contribution in [0.2, 0.25) is 5.02 Å². The van der Waals surface area contributed by atoms with Crippen molar-refractivity contribution in [2.45, 2.75) is 18.4 Å². The van der Waals surface area contributed by atoms with Crippen LogP contribution in [0.3, 0.4) is 0 Å². The molecule has 4 aromatic heterocycles. The Balaban J connectivity index is 1.22. The Bertz CT molecular complexity index is 1940. The van der Waals surface area contributed by atoms with Gasteiger partial charge in [0.05, 0.1) is 23.4 Å². The predicted molar refractivity (Wildman–Crippen MR) is 136 cm³/mol. The van der Waals surface area contributed by atoms with Crippen LogP contribution >= 0.6 is 11.6 Å². The molecule has 3 unspecified atom stereocenters. The number of halogens is 2. The fourth-order valence-corrected chi connectivity index (χ4v) is 5.93. The van der Waals surface area contributed by atoms with Gasteiger partial charge in [-0.1, -0.05) is 17.7 Å². The first-order valence-corrected chi connectivity index (χ1v) is 12.4. The molecular formula is C26H17ClFN9O. The highest BCUT2D eigenvalue weighted by Gasteiger charge is 2.54. The Hall–Kier alpha value is -4.64. The van der Waals surface area contributed by atoms with E-state index in [0.717, 1.165) is 34.1 Å². The number of aromatic amines is 2. The fourth-order valence-electron chi connectivity index (χ4n) is 5.76. The van der Waals surface area contributed by atoms with Crippen LogP contribution in [-0.4, -0.2) is 44.9 Å². The second-order valence-corrected chi connectivity index (χ2v) is 10.1. The number of benzene rings is 2. The third-order valence-electron chi connectivity index (χ3n) is 7.54. The summed E-state index contributed by atoms with van der Waals surface area (Å²) in [6, 6.07) is 14.1. The van der Waals surface area contributed by atoms with Gasteiger partial charge in [-0.2, -0.15) is 14.2 Å². The number of pyridine rings is 1. The Labute approximate surface area is 218 Å². The molecule has 8 rings (SSSR count). The van der Waals surface area contributed by atoms with E-state index >= 15 is 4.39 Å². The number of hydrogen-bond donors (Lipinski definition) is 2. The van der Waals surface area contributed by atoms with Crippen molar-refractivity contribution in [1.82, 2.24) is 44.9 Å². The molecule has 2 N–H and O–H groups in total. The summed E-state index contributed by atoms with van der Waals surface area (Å²) in [5, 5.41) is 19.8. The number of aromatic nitrogens is 9. The van der Waals surface area contributed by atoms with Gasteiger partial charge in [0.1, 0.15) is 17.8 Å². The van der Waals surface area contributed by atoms with E-state index < -0.39 is 5.95 Å². The normalized spacial score (nSPS) is 19.6. The Kier molecular flexibility index (Phi) is 4.34. The molecule has 186 valence electrons. The zero-order valence-electron chi connectivity index (χ0n) is 19.5. The van der Waals surface area contributed by atoms with Crippen molar-refractivity contribution < 1.29 is 4.39 Å². The summed E-state index contributed by atoms with van der Waals surface area (Å²) in [6.07, 6.45) is 4.09. The first-order valence-electron chi connectivity index (χ1n) is 12.0. The van der Waals surface area contributed by atoms with Crippen LogP contribution < -0.4 is 5.56 Å². The molecule has 5 heterocycles. The van der Waals surface area contributed by atoms with Crippen LogP contribution in [0.25, 0.3) is 39.0 Å². The van der Waals surface area contributed by atoms with Crippen molar-refractivity contribution in [2.24, 2.45) is 5.92 Å². The minimum atomic E-state index is -0.525. The van der Waals surface area contributed by atoms with Gasteiger partial charge in [0, 0.05) is 39.2 Å². The van der Waals surface area contributed by atoms with Gasteiger partial charge < -0.3 is 9.55 Å². The lowest BCUT2D eigenvalue weighted by Crippen LogP contribution is -2.26. The summed E-state index contributed by atoms with van der Waals surface area (Å²) >= 11 is 6.32. The van der Waals surface area contributed by atoms with E-state index in [-0.39, 0.29) is 29.1 Å². The van der Waals surface area contributed by atoms with E-state index in [2.05, 4.69) is 35.7 Å². The molecule has 2 aromatic carbocycles. The molecule has 2 aliphatic rings. The van der Waals surface area contributed by atoms with Crippen molar-refractivity contribution in [3.63, 3.8) is 0 Å². The number of nitrogens with one attached hydrogen (secondary N) is 2. The third-order valence-corrected chi connectivity index (χ3v) is 7.77. The highest BCUT2D eigenvalue weighted by Crippen LogP contribution is 2.60. The second kappa shape index (κ2) is 7.68. The van der Waals surface area contributed by atoms with E-state index in [1.54, 1.807) is 35.0 Å². The fraction of sp³-hybridized carbons (Fsp3) is 0.154. The minimum absolute atomic E-state index is 0.172. The highest BCUT2D eigenvalue weighted by molar-refractivity contribution is 6.31. The van der Waals surface area contributed by atoms with Crippen LogP contribution in [0.5, 0.6) is 0 Å². The maximum Gasteiger partial charge on any atom is 0.252 e. The molecule has 3 atom stereocenters. The molecule has 1 aliphatic heterocycles. The molecule has 0 bridgehead atoms. The molecule has 1 aliphatic carbocycles. The van der Waals surface area contributed by atoms with Gasteiger partial charge in [0.15, 0.2) is 0 Å². The van der Waals surface area contributed by atoms with Gasteiger partial charge in [-0.15, -0.1) is 5.10 Å². The van der Waals surface area contributed by atoms with Gasteiger partial charge >= 0.3 is 0 Å². The molecule has 0 saturated heterocycles. The topological polar surface area (TPSA) is 123 Å². The number of nitrogens with zero attached hydrogens (tertiary/aromatic N) is 7. The van der Waals surface area contributed by atoms with Gasteiger partial charge in [-0.3, -0.25) is 9.89 Å². The smallest absolute Gasteiger partial charge is 0.252 e. The average Bonchev–Trinajstić information content (AvgIpc) is 3.35. The predicted octanol–water partition coefficient (Wildman–Crippen LogP) is 4.26.